The number of amides is 2. The van der Waals surface area contributed by atoms with Crippen LogP contribution in [0, 0.1) is 0 Å². The normalized spacial score (nSPS) is 16.8. The van der Waals surface area contributed by atoms with Crippen molar-refractivity contribution in [3.63, 3.8) is 0 Å². The number of rotatable bonds is 3. The number of benzene rings is 1. The van der Waals surface area contributed by atoms with Gasteiger partial charge >= 0.3 is 6.03 Å². The molecule has 1 aliphatic rings. The van der Waals surface area contributed by atoms with Gasteiger partial charge in [-0.3, -0.25) is 5.21 Å². The van der Waals surface area contributed by atoms with E-state index in [1.54, 1.807) is 12.3 Å². The van der Waals surface area contributed by atoms with E-state index in [1.807, 2.05) is 17.5 Å². The van der Waals surface area contributed by atoms with Gasteiger partial charge in [-0.1, -0.05) is 17.4 Å². The molecule has 1 aromatic carbocycles. The van der Waals surface area contributed by atoms with Crippen molar-refractivity contribution >= 4 is 17.4 Å². The molecule has 3 rings (SSSR count). The van der Waals surface area contributed by atoms with Crippen LogP contribution in [0.1, 0.15) is 23.6 Å². The van der Waals surface area contributed by atoms with E-state index >= 15 is 0 Å². The number of nitrogens with zero attached hydrogens (tertiary/aromatic N) is 2. The Bertz CT molecular complexity index is 630. The molecule has 1 aromatic heterocycles. The molecule has 1 unspecified atom stereocenters. The summed E-state index contributed by atoms with van der Waals surface area (Å²) < 4.78 is 5.63. The molecule has 3 N–H and O–H groups in total. The third-order valence-electron chi connectivity index (χ3n) is 3.30. The number of urea groups is 1. The van der Waals surface area contributed by atoms with Gasteiger partial charge in [0.25, 0.3) is 5.19 Å². The lowest BCUT2D eigenvalue weighted by molar-refractivity contribution is -0.0757. The van der Waals surface area contributed by atoms with Crippen molar-refractivity contribution in [2.24, 2.45) is 5.73 Å². The summed E-state index contributed by atoms with van der Waals surface area (Å²) in [5.74, 6) is 0.697. The highest BCUT2D eigenvalue weighted by Gasteiger charge is 2.29. The van der Waals surface area contributed by atoms with Gasteiger partial charge in [-0.05, 0) is 36.1 Å². The summed E-state index contributed by atoms with van der Waals surface area (Å²) in [5, 5.41) is 12.7. The minimum atomic E-state index is -0.842. The van der Waals surface area contributed by atoms with Gasteiger partial charge in [0.15, 0.2) is 0 Å². The molecule has 1 atom stereocenters. The molecule has 0 fully saturated rings. The standard InChI is InChI=1S/C13H13N3O3S/c14-12(17)16(18)11-4-1-8-7-9(2-3-10(8)11)19-13-15-5-6-20-13/h2-3,5-7,11,18H,1,4H2,(H2,14,17). The summed E-state index contributed by atoms with van der Waals surface area (Å²) >= 11 is 1.42. The number of carbonyl (C=O) groups excluding carboxylic acids is 1. The maximum Gasteiger partial charge on any atom is 0.339 e. The molecule has 0 radical (unpaired) electrons. The van der Waals surface area contributed by atoms with Gasteiger partial charge in [-0.25, -0.2) is 9.78 Å². The second-order valence-corrected chi connectivity index (χ2v) is 5.36. The Labute approximate surface area is 119 Å². The van der Waals surface area contributed by atoms with Gasteiger partial charge in [-0.15, -0.1) is 0 Å². The number of ether oxygens (including phenoxy) is 1. The Morgan fingerprint density at radius 3 is 3.10 bits per heavy atom. The van der Waals surface area contributed by atoms with E-state index in [-0.39, 0.29) is 6.04 Å². The first-order chi connectivity index (χ1) is 9.65. The highest BCUT2D eigenvalue weighted by atomic mass is 32.1. The predicted octanol–water partition coefficient (Wildman–Crippen LogP) is 2.69. The molecule has 0 spiro atoms. The number of hydrogen-bond acceptors (Lipinski definition) is 5. The quantitative estimate of drug-likeness (QED) is 0.672. The van der Waals surface area contributed by atoms with Crippen molar-refractivity contribution in [2.45, 2.75) is 18.9 Å². The number of fused-ring (bicyclic) bond motifs is 1. The number of hydrogen-bond donors (Lipinski definition) is 2. The minimum Gasteiger partial charge on any atom is -0.431 e. The monoisotopic (exact) mass is 291 g/mol. The fraction of sp³-hybridized carbons (Fsp3) is 0.231. The summed E-state index contributed by atoms with van der Waals surface area (Å²) in [4.78, 5) is 15.1. The third kappa shape index (κ3) is 2.33. The number of thiazole rings is 1. The number of hydroxylamine groups is 2. The minimum absolute atomic E-state index is 0.378. The summed E-state index contributed by atoms with van der Waals surface area (Å²) in [5.41, 5.74) is 7.05. The van der Waals surface area contributed by atoms with Crippen LogP contribution in [0.3, 0.4) is 0 Å². The van der Waals surface area contributed by atoms with Crippen LogP contribution in [0.15, 0.2) is 29.8 Å². The number of carbonyl (C=O) groups is 1. The molecular weight excluding hydrogens is 278 g/mol. The predicted molar refractivity (Wildman–Crippen MR) is 72.9 cm³/mol. The summed E-state index contributed by atoms with van der Waals surface area (Å²) in [6.07, 6.45) is 3.09. The van der Waals surface area contributed by atoms with Gasteiger partial charge < -0.3 is 10.5 Å². The fourth-order valence-electron chi connectivity index (χ4n) is 2.40. The SMILES string of the molecule is NC(=O)N(O)C1CCc2cc(Oc3nccs3)ccc21. The average Bonchev–Trinajstić information content (AvgIpc) is 3.06. The number of nitrogens with two attached hydrogens (primary N) is 1. The molecule has 6 nitrogen and oxygen atoms in total. The van der Waals surface area contributed by atoms with Crippen molar-refractivity contribution < 1.29 is 14.7 Å². The van der Waals surface area contributed by atoms with Gasteiger partial charge in [0, 0.05) is 11.6 Å². The van der Waals surface area contributed by atoms with E-state index in [1.165, 1.54) is 11.3 Å². The molecule has 2 amide bonds. The van der Waals surface area contributed by atoms with Gasteiger partial charge in [0.2, 0.25) is 0 Å². The maximum absolute atomic E-state index is 11.0. The zero-order valence-electron chi connectivity index (χ0n) is 10.5. The number of primary amides is 1. The van der Waals surface area contributed by atoms with E-state index < -0.39 is 6.03 Å². The van der Waals surface area contributed by atoms with Crippen LogP contribution < -0.4 is 10.5 Å². The number of aromatic nitrogens is 1. The fourth-order valence-corrected chi connectivity index (χ4v) is 2.91. The van der Waals surface area contributed by atoms with Gasteiger partial charge in [0.1, 0.15) is 5.75 Å². The zero-order valence-corrected chi connectivity index (χ0v) is 11.3. The molecule has 2 aromatic rings. The molecule has 1 heterocycles. The first-order valence-corrected chi connectivity index (χ1v) is 7.01. The Balaban J connectivity index is 1.83. The molecule has 0 aliphatic heterocycles. The third-order valence-corrected chi connectivity index (χ3v) is 3.94. The van der Waals surface area contributed by atoms with E-state index in [0.717, 1.165) is 17.5 Å². The summed E-state index contributed by atoms with van der Waals surface area (Å²) in [6.45, 7) is 0. The van der Waals surface area contributed by atoms with E-state index in [4.69, 9.17) is 10.5 Å². The summed E-state index contributed by atoms with van der Waals surface area (Å²) in [6, 6.07) is 4.34. The van der Waals surface area contributed by atoms with Crippen LogP contribution in [0.2, 0.25) is 0 Å². The Kier molecular flexibility index (Phi) is 3.29. The highest BCUT2D eigenvalue weighted by molar-refractivity contribution is 7.11. The molecular formula is C13H13N3O3S. The largest absolute Gasteiger partial charge is 0.431 e. The van der Waals surface area contributed by atoms with E-state index in [9.17, 15) is 10.0 Å². The van der Waals surface area contributed by atoms with Crippen molar-refractivity contribution in [1.29, 1.82) is 0 Å². The number of aryl methyl sites for hydroxylation is 1. The lowest BCUT2D eigenvalue weighted by atomic mass is 10.1. The Morgan fingerprint density at radius 2 is 2.40 bits per heavy atom. The van der Waals surface area contributed by atoms with Crippen molar-refractivity contribution in [3.8, 4) is 10.9 Å². The van der Waals surface area contributed by atoms with Crippen LogP contribution in [0.5, 0.6) is 10.9 Å². The van der Waals surface area contributed by atoms with Crippen LogP contribution >= 0.6 is 11.3 Å². The lowest BCUT2D eigenvalue weighted by Crippen LogP contribution is -2.35. The maximum atomic E-state index is 11.0. The van der Waals surface area contributed by atoms with Crippen LogP contribution in [-0.2, 0) is 6.42 Å². The molecule has 20 heavy (non-hydrogen) atoms. The topological polar surface area (TPSA) is 88.7 Å². The Hall–Kier alpha value is -2.12. The van der Waals surface area contributed by atoms with Crippen molar-refractivity contribution in [3.05, 3.63) is 40.9 Å². The smallest absolute Gasteiger partial charge is 0.339 e. The molecule has 104 valence electrons. The van der Waals surface area contributed by atoms with Crippen LogP contribution in [-0.4, -0.2) is 21.3 Å². The van der Waals surface area contributed by atoms with Gasteiger partial charge in [0.05, 0.1) is 6.04 Å². The van der Waals surface area contributed by atoms with E-state index in [0.29, 0.717) is 22.4 Å². The molecule has 7 heteroatoms. The second kappa shape index (κ2) is 5.10. The molecule has 0 saturated heterocycles. The van der Waals surface area contributed by atoms with Gasteiger partial charge in [-0.2, -0.15) is 5.06 Å². The second-order valence-electron chi connectivity index (χ2n) is 4.50. The van der Waals surface area contributed by atoms with Crippen LogP contribution in [0.25, 0.3) is 0 Å². The lowest BCUT2D eigenvalue weighted by Gasteiger charge is -2.20. The van der Waals surface area contributed by atoms with Crippen molar-refractivity contribution in [1.82, 2.24) is 10.0 Å². The zero-order chi connectivity index (χ0) is 14.1. The first-order valence-electron chi connectivity index (χ1n) is 6.13. The Morgan fingerprint density at radius 1 is 1.55 bits per heavy atom. The average molecular weight is 291 g/mol. The first kappa shape index (κ1) is 12.9. The molecule has 0 saturated carbocycles. The van der Waals surface area contributed by atoms with Crippen molar-refractivity contribution in [2.75, 3.05) is 0 Å². The molecule has 1 aliphatic carbocycles. The highest BCUT2D eigenvalue weighted by Crippen LogP contribution is 2.37. The van der Waals surface area contributed by atoms with Crippen LogP contribution in [0.4, 0.5) is 4.79 Å². The summed E-state index contributed by atoms with van der Waals surface area (Å²) in [7, 11) is 0. The van der Waals surface area contributed by atoms with E-state index in [2.05, 4.69) is 4.98 Å². The molecule has 0 bridgehead atoms.